The predicted octanol–water partition coefficient (Wildman–Crippen LogP) is 2.28. The SMILES string of the molecule is CN1CCC(N(C)c2ncnc(N3CCc4ccccc43)c2N)CC1. The Morgan fingerprint density at radius 2 is 1.88 bits per heavy atom. The fourth-order valence-corrected chi connectivity index (χ4v) is 3.99. The number of piperidine rings is 1. The van der Waals surface area contributed by atoms with Crippen LogP contribution in [0.1, 0.15) is 18.4 Å². The van der Waals surface area contributed by atoms with Gasteiger partial charge in [0.1, 0.15) is 12.0 Å². The largest absolute Gasteiger partial charge is 0.393 e. The quantitative estimate of drug-likeness (QED) is 0.926. The van der Waals surface area contributed by atoms with Crippen molar-refractivity contribution in [2.75, 3.05) is 49.3 Å². The van der Waals surface area contributed by atoms with Gasteiger partial charge in [-0.05, 0) is 51.0 Å². The molecule has 6 nitrogen and oxygen atoms in total. The van der Waals surface area contributed by atoms with Crippen LogP contribution in [0.2, 0.25) is 0 Å². The number of hydrogen-bond donors (Lipinski definition) is 1. The van der Waals surface area contributed by atoms with E-state index in [1.807, 2.05) is 0 Å². The summed E-state index contributed by atoms with van der Waals surface area (Å²) in [5.74, 6) is 1.68. The second-order valence-corrected chi connectivity index (χ2v) is 7.11. The Morgan fingerprint density at radius 3 is 2.68 bits per heavy atom. The third-order valence-corrected chi connectivity index (χ3v) is 5.55. The number of nitrogens with two attached hydrogens (primary N) is 1. The van der Waals surface area contributed by atoms with E-state index in [0.29, 0.717) is 11.7 Å². The van der Waals surface area contributed by atoms with Gasteiger partial charge in [0, 0.05) is 25.3 Å². The minimum atomic E-state index is 0.479. The van der Waals surface area contributed by atoms with Crippen LogP contribution >= 0.6 is 0 Å². The Hall–Kier alpha value is -2.34. The Kier molecular flexibility index (Phi) is 4.21. The van der Waals surface area contributed by atoms with Crippen LogP contribution in [0.4, 0.5) is 23.0 Å². The third-order valence-electron chi connectivity index (χ3n) is 5.55. The molecule has 2 aliphatic heterocycles. The molecule has 1 fully saturated rings. The first-order valence-corrected chi connectivity index (χ1v) is 9.02. The molecule has 0 saturated carbocycles. The highest BCUT2D eigenvalue weighted by atomic mass is 15.3. The molecule has 1 aromatic carbocycles. The van der Waals surface area contributed by atoms with E-state index in [0.717, 1.165) is 50.5 Å². The Balaban J connectivity index is 1.63. The summed E-state index contributed by atoms with van der Waals surface area (Å²) in [5.41, 5.74) is 9.78. The van der Waals surface area contributed by atoms with E-state index in [1.165, 1.54) is 11.3 Å². The normalized spacial score (nSPS) is 18.4. The lowest BCUT2D eigenvalue weighted by Crippen LogP contribution is -2.42. The maximum absolute atomic E-state index is 6.54. The fourth-order valence-electron chi connectivity index (χ4n) is 3.99. The number of nitrogen functional groups attached to an aromatic ring is 1. The molecule has 25 heavy (non-hydrogen) atoms. The molecule has 2 aliphatic rings. The monoisotopic (exact) mass is 338 g/mol. The number of nitrogens with zero attached hydrogens (tertiary/aromatic N) is 5. The highest BCUT2D eigenvalue weighted by Gasteiger charge is 2.27. The molecular formula is C19H26N6. The number of anilines is 4. The summed E-state index contributed by atoms with van der Waals surface area (Å²) in [6.07, 6.45) is 4.95. The number of rotatable bonds is 3. The summed E-state index contributed by atoms with van der Waals surface area (Å²) in [4.78, 5) is 15.9. The van der Waals surface area contributed by atoms with Crippen molar-refractivity contribution < 1.29 is 0 Å². The molecular weight excluding hydrogens is 312 g/mol. The average Bonchev–Trinajstić information content (AvgIpc) is 3.06. The van der Waals surface area contributed by atoms with Gasteiger partial charge in [0.25, 0.3) is 0 Å². The van der Waals surface area contributed by atoms with Gasteiger partial charge in [-0.25, -0.2) is 9.97 Å². The highest BCUT2D eigenvalue weighted by molar-refractivity contribution is 5.81. The van der Waals surface area contributed by atoms with Crippen LogP contribution in [-0.4, -0.2) is 54.6 Å². The highest BCUT2D eigenvalue weighted by Crippen LogP contribution is 2.38. The van der Waals surface area contributed by atoms with Gasteiger partial charge < -0.3 is 20.4 Å². The number of para-hydroxylation sites is 1. The predicted molar refractivity (Wildman–Crippen MR) is 103 cm³/mol. The second-order valence-electron chi connectivity index (χ2n) is 7.11. The molecule has 0 aliphatic carbocycles. The zero-order valence-corrected chi connectivity index (χ0v) is 15.0. The van der Waals surface area contributed by atoms with Crippen molar-refractivity contribution in [2.45, 2.75) is 25.3 Å². The lowest BCUT2D eigenvalue weighted by Gasteiger charge is -2.36. The summed E-state index contributed by atoms with van der Waals surface area (Å²) in [5, 5.41) is 0. The minimum absolute atomic E-state index is 0.479. The van der Waals surface area contributed by atoms with Crippen molar-refractivity contribution >= 4 is 23.0 Å². The van der Waals surface area contributed by atoms with Gasteiger partial charge in [-0.3, -0.25) is 0 Å². The summed E-state index contributed by atoms with van der Waals surface area (Å²) < 4.78 is 0. The second kappa shape index (κ2) is 6.52. The zero-order valence-electron chi connectivity index (χ0n) is 15.0. The maximum atomic E-state index is 6.54. The first-order valence-electron chi connectivity index (χ1n) is 9.02. The molecule has 0 spiro atoms. The van der Waals surface area contributed by atoms with Crippen LogP contribution < -0.4 is 15.5 Å². The molecule has 0 unspecified atom stereocenters. The summed E-state index contributed by atoms with van der Waals surface area (Å²) >= 11 is 0. The van der Waals surface area contributed by atoms with Crippen LogP contribution in [0.25, 0.3) is 0 Å². The standard InChI is InChI=1S/C19H26N6/c1-23-10-8-15(9-11-23)24(2)18-17(20)19(22-13-21-18)25-12-7-14-5-3-4-6-16(14)25/h3-6,13,15H,7-12,20H2,1-2H3. The molecule has 2 N–H and O–H groups in total. The van der Waals surface area contributed by atoms with Crippen molar-refractivity contribution in [3.63, 3.8) is 0 Å². The molecule has 0 amide bonds. The van der Waals surface area contributed by atoms with Crippen molar-refractivity contribution in [2.24, 2.45) is 0 Å². The van der Waals surface area contributed by atoms with Gasteiger partial charge in [-0.15, -0.1) is 0 Å². The van der Waals surface area contributed by atoms with Crippen LogP contribution in [0.5, 0.6) is 0 Å². The molecule has 132 valence electrons. The Morgan fingerprint density at radius 1 is 1.12 bits per heavy atom. The lowest BCUT2D eigenvalue weighted by atomic mass is 10.0. The number of benzene rings is 1. The van der Waals surface area contributed by atoms with Gasteiger partial charge >= 0.3 is 0 Å². The van der Waals surface area contributed by atoms with Gasteiger partial charge in [0.2, 0.25) is 0 Å². The van der Waals surface area contributed by atoms with E-state index in [-0.39, 0.29) is 0 Å². The molecule has 3 heterocycles. The zero-order chi connectivity index (χ0) is 17.4. The number of fused-ring (bicyclic) bond motifs is 1. The molecule has 4 rings (SSSR count). The molecule has 6 heteroatoms. The van der Waals surface area contributed by atoms with Crippen molar-refractivity contribution in [3.8, 4) is 0 Å². The van der Waals surface area contributed by atoms with Gasteiger partial charge in [0.15, 0.2) is 11.6 Å². The minimum Gasteiger partial charge on any atom is -0.393 e. The number of hydrogen-bond acceptors (Lipinski definition) is 6. The Bertz CT molecular complexity index is 753. The first kappa shape index (κ1) is 16.1. The summed E-state index contributed by atoms with van der Waals surface area (Å²) in [7, 11) is 4.29. The van der Waals surface area contributed by atoms with Crippen LogP contribution in [0, 0.1) is 0 Å². The van der Waals surface area contributed by atoms with Crippen LogP contribution in [0.15, 0.2) is 30.6 Å². The smallest absolute Gasteiger partial charge is 0.161 e. The Labute approximate surface area is 149 Å². The number of likely N-dealkylation sites (tertiary alicyclic amines) is 1. The fraction of sp³-hybridized carbons (Fsp3) is 0.474. The van der Waals surface area contributed by atoms with E-state index < -0.39 is 0 Å². The molecule has 0 atom stereocenters. The lowest BCUT2D eigenvalue weighted by molar-refractivity contribution is 0.252. The molecule has 1 aromatic heterocycles. The van der Waals surface area contributed by atoms with E-state index >= 15 is 0 Å². The van der Waals surface area contributed by atoms with Gasteiger partial charge in [0.05, 0.1) is 0 Å². The van der Waals surface area contributed by atoms with Crippen molar-refractivity contribution in [3.05, 3.63) is 36.2 Å². The van der Waals surface area contributed by atoms with E-state index in [1.54, 1.807) is 6.33 Å². The summed E-state index contributed by atoms with van der Waals surface area (Å²) in [6, 6.07) is 8.96. The topological polar surface area (TPSA) is 61.5 Å². The van der Waals surface area contributed by atoms with Gasteiger partial charge in [-0.1, -0.05) is 18.2 Å². The van der Waals surface area contributed by atoms with E-state index in [4.69, 9.17) is 5.73 Å². The summed E-state index contributed by atoms with van der Waals surface area (Å²) in [6.45, 7) is 3.15. The molecule has 1 saturated heterocycles. The number of aromatic nitrogens is 2. The van der Waals surface area contributed by atoms with Crippen LogP contribution in [-0.2, 0) is 6.42 Å². The van der Waals surface area contributed by atoms with Gasteiger partial charge in [-0.2, -0.15) is 0 Å². The molecule has 0 bridgehead atoms. The molecule has 0 radical (unpaired) electrons. The third kappa shape index (κ3) is 2.91. The average molecular weight is 338 g/mol. The van der Waals surface area contributed by atoms with Crippen LogP contribution in [0.3, 0.4) is 0 Å². The van der Waals surface area contributed by atoms with Crippen molar-refractivity contribution in [1.82, 2.24) is 14.9 Å². The first-order chi connectivity index (χ1) is 12.1. The van der Waals surface area contributed by atoms with Crippen molar-refractivity contribution in [1.29, 1.82) is 0 Å². The van der Waals surface area contributed by atoms with E-state index in [9.17, 15) is 0 Å². The van der Waals surface area contributed by atoms with E-state index in [2.05, 4.69) is 63.0 Å². The molecule has 2 aromatic rings. The maximum Gasteiger partial charge on any atom is 0.161 e.